The Bertz CT molecular complexity index is 560. The first-order valence-electron chi connectivity index (χ1n) is 5.94. The Balaban J connectivity index is 2.53. The van der Waals surface area contributed by atoms with E-state index < -0.39 is 0 Å². The lowest BCUT2D eigenvalue weighted by molar-refractivity contribution is 0.750. The Morgan fingerprint density at radius 3 is 2.56 bits per heavy atom. The van der Waals surface area contributed by atoms with Crippen LogP contribution in [0.3, 0.4) is 0 Å². The maximum absolute atomic E-state index is 6.04. The van der Waals surface area contributed by atoms with Crippen LogP contribution in [0.4, 0.5) is 11.5 Å². The Hall–Kier alpha value is -1.48. The average Bonchev–Trinajstić information content (AvgIpc) is 2.63. The van der Waals surface area contributed by atoms with Crippen LogP contribution < -0.4 is 4.90 Å². The molecule has 0 amide bonds. The number of benzene rings is 1. The highest BCUT2D eigenvalue weighted by atomic mass is 35.5. The molecule has 0 radical (unpaired) electrons. The standard InChI is InChI=1S/C14H18ClN3/c1-10-7-5-6-8-13(10)17(3)14-12(9-15)11(2)16-18(14)4/h5-8H,9H2,1-4H3. The Morgan fingerprint density at radius 2 is 1.94 bits per heavy atom. The monoisotopic (exact) mass is 263 g/mol. The minimum Gasteiger partial charge on any atom is -0.329 e. The molecule has 0 spiro atoms. The summed E-state index contributed by atoms with van der Waals surface area (Å²) in [7, 11) is 4.00. The van der Waals surface area contributed by atoms with Crippen LogP contribution in [-0.4, -0.2) is 16.8 Å². The van der Waals surface area contributed by atoms with E-state index in [1.54, 1.807) is 0 Å². The molecule has 0 N–H and O–H groups in total. The molecule has 0 bridgehead atoms. The Morgan fingerprint density at radius 1 is 1.28 bits per heavy atom. The molecule has 0 aliphatic heterocycles. The quantitative estimate of drug-likeness (QED) is 0.790. The second-order valence-electron chi connectivity index (χ2n) is 4.49. The SMILES string of the molecule is Cc1ccccc1N(C)c1c(CCl)c(C)nn1C. The summed E-state index contributed by atoms with van der Waals surface area (Å²) in [6.07, 6.45) is 0. The third-order valence-electron chi connectivity index (χ3n) is 3.24. The number of hydrogen-bond donors (Lipinski definition) is 0. The van der Waals surface area contributed by atoms with Crippen molar-refractivity contribution >= 4 is 23.1 Å². The lowest BCUT2D eigenvalue weighted by Crippen LogP contribution is -2.16. The molecule has 0 atom stereocenters. The van der Waals surface area contributed by atoms with Crippen molar-refractivity contribution in [2.45, 2.75) is 19.7 Å². The van der Waals surface area contributed by atoms with E-state index in [4.69, 9.17) is 11.6 Å². The van der Waals surface area contributed by atoms with Crippen LogP contribution in [0.1, 0.15) is 16.8 Å². The van der Waals surface area contributed by atoms with Crippen LogP contribution in [0.15, 0.2) is 24.3 Å². The molecular formula is C14H18ClN3. The minimum absolute atomic E-state index is 0.477. The molecule has 0 unspecified atom stereocenters. The van der Waals surface area contributed by atoms with E-state index in [0.717, 1.165) is 17.1 Å². The molecule has 0 saturated carbocycles. The van der Waals surface area contributed by atoms with Crippen molar-refractivity contribution in [1.29, 1.82) is 0 Å². The summed E-state index contributed by atoms with van der Waals surface area (Å²) < 4.78 is 1.89. The molecule has 0 aliphatic rings. The summed E-state index contributed by atoms with van der Waals surface area (Å²) in [6.45, 7) is 4.10. The minimum atomic E-state index is 0.477. The first-order chi connectivity index (χ1) is 8.56. The fourth-order valence-corrected chi connectivity index (χ4v) is 2.63. The van der Waals surface area contributed by atoms with Crippen molar-refractivity contribution in [3.8, 4) is 0 Å². The number of aromatic nitrogens is 2. The van der Waals surface area contributed by atoms with Gasteiger partial charge in [-0.15, -0.1) is 11.6 Å². The van der Waals surface area contributed by atoms with E-state index in [0.29, 0.717) is 5.88 Å². The van der Waals surface area contributed by atoms with E-state index in [-0.39, 0.29) is 0 Å². The van der Waals surface area contributed by atoms with Crippen LogP contribution in [0, 0.1) is 13.8 Å². The van der Waals surface area contributed by atoms with Crippen molar-refractivity contribution in [3.05, 3.63) is 41.1 Å². The molecule has 2 aromatic rings. The van der Waals surface area contributed by atoms with Crippen LogP contribution in [0.25, 0.3) is 0 Å². The van der Waals surface area contributed by atoms with Crippen LogP contribution in [0.2, 0.25) is 0 Å². The summed E-state index contributed by atoms with van der Waals surface area (Å²) in [5.41, 5.74) is 4.49. The molecule has 4 heteroatoms. The van der Waals surface area contributed by atoms with Gasteiger partial charge in [0.25, 0.3) is 0 Å². The fraction of sp³-hybridized carbons (Fsp3) is 0.357. The van der Waals surface area contributed by atoms with Gasteiger partial charge in [0, 0.05) is 25.3 Å². The first kappa shape index (κ1) is 13.0. The predicted octanol–water partition coefficient (Wildman–Crippen LogP) is 3.54. The lowest BCUT2D eigenvalue weighted by Gasteiger charge is -2.22. The molecule has 0 aliphatic carbocycles. The zero-order valence-corrected chi connectivity index (χ0v) is 12.0. The largest absolute Gasteiger partial charge is 0.329 e. The summed E-state index contributed by atoms with van der Waals surface area (Å²) >= 11 is 6.04. The molecule has 96 valence electrons. The predicted molar refractivity (Wildman–Crippen MR) is 76.7 cm³/mol. The van der Waals surface area contributed by atoms with Gasteiger partial charge < -0.3 is 4.90 Å². The van der Waals surface area contributed by atoms with Gasteiger partial charge in [0.05, 0.1) is 11.6 Å². The highest BCUT2D eigenvalue weighted by Crippen LogP contribution is 2.31. The number of aryl methyl sites for hydroxylation is 3. The molecule has 1 aromatic heterocycles. The van der Waals surface area contributed by atoms with Crippen LogP contribution in [-0.2, 0) is 12.9 Å². The van der Waals surface area contributed by atoms with Crippen molar-refractivity contribution in [1.82, 2.24) is 9.78 Å². The highest BCUT2D eigenvalue weighted by Gasteiger charge is 2.17. The third-order valence-corrected chi connectivity index (χ3v) is 3.51. The van der Waals surface area contributed by atoms with Gasteiger partial charge in [0.2, 0.25) is 0 Å². The van der Waals surface area contributed by atoms with Gasteiger partial charge >= 0.3 is 0 Å². The van der Waals surface area contributed by atoms with Crippen molar-refractivity contribution in [3.63, 3.8) is 0 Å². The summed E-state index contributed by atoms with van der Waals surface area (Å²) in [5.74, 6) is 1.53. The van der Waals surface area contributed by atoms with Crippen molar-refractivity contribution in [2.75, 3.05) is 11.9 Å². The van der Waals surface area contributed by atoms with Gasteiger partial charge in [0.1, 0.15) is 5.82 Å². The number of rotatable bonds is 3. The second kappa shape index (κ2) is 5.02. The van der Waals surface area contributed by atoms with Crippen LogP contribution >= 0.6 is 11.6 Å². The van der Waals surface area contributed by atoms with Crippen molar-refractivity contribution < 1.29 is 0 Å². The number of nitrogens with zero attached hydrogens (tertiary/aromatic N) is 3. The smallest absolute Gasteiger partial charge is 0.135 e. The molecule has 0 saturated heterocycles. The lowest BCUT2D eigenvalue weighted by atomic mass is 10.1. The topological polar surface area (TPSA) is 21.1 Å². The van der Waals surface area contributed by atoms with Gasteiger partial charge in [0.15, 0.2) is 0 Å². The molecular weight excluding hydrogens is 246 g/mol. The van der Waals surface area contributed by atoms with E-state index in [9.17, 15) is 0 Å². The molecule has 1 aromatic carbocycles. The molecule has 0 fully saturated rings. The number of halogens is 1. The van der Waals surface area contributed by atoms with E-state index in [1.807, 2.05) is 30.8 Å². The van der Waals surface area contributed by atoms with Gasteiger partial charge in [-0.1, -0.05) is 18.2 Å². The number of alkyl halides is 1. The van der Waals surface area contributed by atoms with Gasteiger partial charge in [-0.2, -0.15) is 5.10 Å². The van der Waals surface area contributed by atoms with E-state index in [1.165, 1.54) is 11.3 Å². The summed E-state index contributed by atoms with van der Waals surface area (Å²) in [5, 5.41) is 4.45. The van der Waals surface area contributed by atoms with E-state index in [2.05, 4.69) is 36.1 Å². The molecule has 1 heterocycles. The zero-order valence-electron chi connectivity index (χ0n) is 11.2. The van der Waals surface area contributed by atoms with Crippen LogP contribution in [0.5, 0.6) is 0 Å². The van der Waals surface area contributed by atoms with Gasteiger partial charge in [-0.05, 0) is 25.5 Å². The van der Waals surface area contributed by atoms with Gasteiger partial charge in [-0.25, -0.2) is 0 Å². The maximum atomic E-state index is 6.04. The Kier molecular flexibility index (Phi) is 3.62. The number of para-hydroxylation sites is 1. The summed E-state index contributed by atoms with van der Waals surface area (Å²) in [4.78, 5) is 2.15. The number of anilines is 2. The molecule has 2 rings (SSSR count). The van der Waals surface area contributed by atoms with Gasteiger partial charge in [-0.3, -0.25) is 4.68 Å². The second-order valence-corrected chi connectivity index (χ2v) is 4.76. The first-order valence-corrected chi connectivity index (χ1v) is 6.47. The summed E-state index contributed by atoms with van der Waals surface area (Å²) in [6, 6.07) is 8.30. The highest BCUT2D eigenvalue weighted by molar-refractivity contribution is 6.17. The maximum Gasteiger partial charge on any atom is 0.135 e. The van der Waals surface area contributed by atoms with Crippen molar-refractivity contribution in [2.24, 2.45) is 7.05 Å². The fourth-order valence-electron chi connectivity index (χ4n) is 2.32. The third kappa shape index (κ3) is 2.10. The molecule has 18 heavy (non-hydrogen) atoms. The van der Waals surface area contributed by atoms with E-state index >= 15 is 0 Å². The average molecular weight is 264 g/mol. The normalized spacial score (nSPS) is 10.7. The molecule has 3 nitrogen and oxygen atoms in total. The zero-order chi connectivity index (χ0) is 13.3. The number of hydrogen-bond acceptors (Lipinski definition) is 2. The Labute approximate surface area is 113 Å².